The largest absolute Gasteiger partial charge is 0.573 e. The molecule has 0 spiro atoms. The zero-order chi connectivity index (χ0) is 25.6. The number of thiazole rings is 1. The van der Waals surface area contributed by atoms with E-state index in [9.17, 15) is 18.0 Å². The number of likely N-dealkylation sites (N-methyl/N-ethyl adjacent to an activating group) is 1. The number of anilines is 1. The molecule has 0 atom stereocenters. The van der Waals surface area contributed by atoms with Crippen LogP contribution >= 0.6 is 23.1 Å². The van der Waals surface area contributed by atoms with Gasteiger partial charge in [-0.3, -0.25) is 4.79 Å². The summed E-state index contributed by atoms with van der Waals surface area (Å²) in [4.78, 5) is 27.0. The summed E-state index contributed by atoms with van der Waals surface area (Å²) in [5, 5.41) is 1.96. The van der Waals surface area contributed by atoms with E-state index in [0.29, 0.717) is 30.0 Å². The number of aromatic nitrogens is 3. The zero-order valence-corrected chi connectivity index (χ0v) is 21.3. The standard InChI is InChI=1S/C23H25F3N4O3S2/c1-22(2,3)33-19(31)14-35-21-29-17(13-34-21)9-10-30(4)20-27-11-16(12-28-20)15-5-7-18(8-6-15)32-23(24,25)26/h5-8,11-13H,9-10,14H2,1-4H3. The van der Waals surface area contributed by atoms with E-state index in [1.807, 2.05) is 38.1 Å². The first kappa shape index (κ1) is 26.7. The number of esters is 1. The summed E-state index contributed by atoms with van der Waals surface area (Å²) in [5.74, 6) is 0.167. The summed E-state index contributed by atoms with van der Waals surface area (Å²) in [6, 6.07) is 5.53. The normalized spacial score (nSPS) is 11.9. The van der Waals surface area contributed by atoms with Gasteiger partial charge in [0.15, 0.2) is 4.34 Å². The molecule has 0 unspecified atom stereocenters. The monoisotopic (exact) mass is 526 g/mol. The molecule has 0 bridgehead atoms. The minimum Gasteiger partial charge on any atom is -0.459 e. The first-order valence-corrected chi connectivity index (χ1v) is 12.4. The Bertz CT molecular complexity index is 1110. The summed E-state index contributed by atoms with van der Waals surface area (Å²) < 4.78 is 46.9. The molecule has 0 N–H and O–H groups in total. The molecule has 7 nitrogen and oxygen atoms in total. The van der Waals surface area contributed by atoms with Crippen LogP contribution in [0, 0.1) is 0 Å². The first-order valence-electron chi connectivity index (χ1n) is 10.6. The van der Waals surface area contributed by atoms with Gasteiger partial charge in [-0.05, 0) is 38.5 Å². The topological polar surface area (TPSA) is 77.4 Å². The van der Waals surface area contributed by atoms with Gasteiger partial charge in [0, 0.05) is 43.4 Å². The Morgan fingerprint density at radius 2 is 1.74 bits per heavy atom. The Morgan fingerprint density at radius 1 is 1.09 bits per heavy atom. The number of rotatable bonds is 9. The zero-order valence-electron chi connectivity index (χ0n) is 19.6. The fourth-order valence-corrected chi connectivity index (χ4v) is 4.51. The molecule has 35 heavy (non-hydrogen) atoms. The van der Waals surface area contributed by atoms with Crippen LogP contribution in [0.25, 0.3) is 11.1 Å². The summed E-state index contributed by atoms with van der Waals surface area (Å²) >= 11 is 2.84. The maximum absolute atomic E-state index is 12.3. The lowest BCUT2D eigenvalue weighted by atomic mass is 10.1. The van der Waals surface area contributed by atoms with E-state index in [1.165, 1.54) is 47.4 Å². The molecule has 0 aliphatic rings. The van der Waals surface area contributed by atoms with Crippen LogP contribution in [0.1, 0.15) is 26.5 Å². The van der Waals surface area contributed by atoms with E-state index in [-0.39, 0.29) is 17.5 Å². The molecule has 12 heteroatoms. The van der Waals surface area contributed by atoms with Gasteiger partial charge in [-0.25, -0.2) is 15.0 Å². The van der Waals surface area contributed by atoms with Crippen molar-refractivity contribution in [2.75, 3.05) is 24.2 Å². The molecule has 1 aromatic carbocycles. The average molecular weight is 527 g/mol. The fourth-order valence-electron chi connectivity index (χ4n) is 2.86. The Labute approximate surface area is 209 Å². The second-order valence-electron chi connectivity index (χ2n) is 8.50. The Kier molecular flexibility index (Phi) is 8.60. The van der Waals surface area contributed by atoms with Gasteiger partial charge in [-0.15, -0.1) is 24.5 Å². The van der Waals surface area contributed by atoms with E-state index in [2.05, 4.69) is 19.7 Å². The Morgan fingerprint density at radius 3 is 2.34 bits per heavy atom. The quantitative estimate of drug-likeness (QED) is 0.263. The lowest BCUT2D eigenvalue weighted by Crippen LogP contribution is -2.24. The van der Waals surface area contributed by atoms with Gasteiger partial charge in [-0.1, -0.05) is 23.9 Å². The number of benzene rings is 1. The van der Waals surface area contributed by atoms with Crippen LogP contribution < -0.4 is 9.64 Å². The molecule has 0 radical (unpaired) electrons. The van der Waals surface area contributed by atoms with Gasteiger partial charge in [0.25, 0.3) is 0 Å². The second kappa shape index (κ2) is 11.3. The molecular weight excluding hydrogens is 501 g/mol. The smallest absolute Gasteiger partial charge is 0.459 e. The van der Waals surface area contributed by atoms with Crippen molar-refractivity contribution in [2.24, 2.45) is 0 Å². The third-order valence-electron chi connectivity index (χ3n) is 4.37. The predicted octanol–water partition coefficient (Wildman–Crippen LogP) is 5.61. The van der Waals surface area contributed by atoms with Gasteiger partial charge in [0.05, 0.1) is 11.4 Å². The molecule has 0 amide bonds. The van der Waals surface area contributed by atoms with Crippen LogP contribution in [0.2, 0.25) is 0 Å². The van der Waals surface area contributed by atoms with E-state index in [1.54, 1.807) is 12.4 Å². The van der Waals surface area contributed by atoms with Crippen molar-refractivity contribution < 1.29 is 27.4 Å². The predicted molar refractivity (Wildman–Crippen MR) is 130 cm³/mol. The minimum absolute atomic E-state index is 0.211. The average Bonchev–Trinajstić information content (AvgIpc) is 3.22. The molecule has 3 rings (SSSR count). The number of carbonyl (C=O) groups excluding carboxylic acids is 1. The highest BCUT2D eigenvalue weighted by Crippen LogP contribution is 2.27. The van der Waals surface area contributed by atoms with Gasteiger partial charge < -0.3 is 14.4 Å². The fraction of sp³-hybridized carbons (Fsp3) is 0.391. The third-order valence-corrected chi connectivity index (χ3v) is 6.41. The number of hydrogen-bond donors (Lipinski definition) is 0. The van der Waals surface area contributed by atoms with Gasteiger partial charge in [0.1, 0.15) is 11.4 Å². The number of thioether (sulfide) groups is 1. The van der Waals surface area contributed by atoms with Crippen LogP contribution in [-0.2, 0) is 16.0 Å². The van der Waals surface area contributed by atoms with E-state index >= 15 is 0 Å². The molecule has 0 fully saturated rings. The van der Waals surface area contributed by atoms with Crippen molar-refractivity contribution in [3.8, 4) is 16.9 Å². The molecule has 0 aliphatic carbocycles. The summed E-state index contributed by atoms with van der Waals surface area (Å²) in [7, 11) is 1.86. The summed E-state index contributed by atoms with van der Waals surface area (Å²) in [5.41, 5.74) is 1.75. The van der Waals surface area contributed by atoms with Gasteiger partial charge >= 0.3 is 12.3 Å². The van der Waals surface area contributed by atoms with Crippen molar-refractivity contribution in [1.82, 2.24) is 15.0 Å². The van der Waals surface area contributed by atoms with Crippen LogP contribution in [-0.4, -0.2) is 52.2 Å². The van der Waals surface area contributed by atoms with Crippen molar-refractivity contribution in [2.45, 2.75) is 43.5 Å². The minimum atomic E-state index is -4.73. The third kappa shape index (κ3) is 9.02. The highest BCUT2D eigenvalue weighted by molar-refractivity contribution is 8.01. The van der Waals surface area contributed by atoms with E-state index in [4.69, 9.17) is 4.74 Å². The van der Waals surface area contributed by atoms with E-state index < -0.39 is 12.0 Å². The number of alkyl halides is 3. The number of halogens is 3. The summed E-state index contributed by atoms with van der Waals surface area (Å²) in [6.45, 7) is 6.13. The lowest BCUT2D eigenvalue weighted by molar-refractivity contribution is -0.274. The second-order valence-corrected chi connectivity index (χ2v) is 10.6. The highest BCUT2D eigenvalue weighted by atomic mass is 32.2. The van der Waals surface area contributed by atoms with Crippen LogP contribution in [0.3, 0.4) is 0 Å². The molecular formula is C23H25F3N4O3S2. The number of hydrogen-bond acceptors (Lipinski definition) is 9. The van der Waals surface area contributed by atoms with E-state index in [0.717, 1.165) is 10.0 Å². The molecule has 0 saturated carbocycles. The number of ether oxygens (including phenoxy) is 2. The number of nitrogens with zero attached hydrogens (tertiary/aromatic N) is 4. The van der Waals surface area contributed by atoms with Crippen LogP contribution in [0.5, 0.6) is 5.75 Å². The van der Waals surface area contributed by atoms with Crippen LogP contribution in [0.4, 0.5) is 19.1 Å². The summed E-state index contributed by atoms with van der Waals surface area (Å²) in [6.07, 6.45) is -0.818. The van der Waals surface area contributed by atoms with Crippen LogP contribution in [0.15, 0.2) is 46.4 Å². The molecule has 2 aromatic heterocycles. The molecule has 0 aliphatic heterocycles. The van der Waals surface area contributed by atoms with Gasteiger partial charge in [-0.2, -0.15) is 0 Å². The molecule has 0 saturated heterocycles. The van der Waals surface area contributed by atoms with Gasteiger partial charge in [0.2, 0.25) is 5.95 Å². The maximum atomic E-state index is 12.3. The Hall–Kier alpha value is -2.86. The molecule has 2 heterocycles. The number of carbonyl (C=O) groups is 1. The maximum Gasteiger partial charge on any atom is 0.573 e. The van der Waals surface area contributed by atoms with Crippen molar-refractivity contribution in [3.63, 3.8) is 0 Å². The molecule has 188 valence electrons. The van der Waals surface area contributed by atoms with Crippen molar-refractivity contribution in [3.05, 3.63) is 47.7 Å². The lowest BCUT2D eigenvalue weighted by Gasteiger charge is -2.18. The van der Waals surface area contributed by atoms with Crippen molar-refractivity contribution >= 4 is 35.0 Å². The SMILES string of the molecule is CN(CCc1csc(SCC(=O)OC(C)(C)C)n1)c1ncc(-c2ccc(OC(F)(F)F)cc2)cn1. The highest BCUT2D eigenvalue weighted by Gasteiger charge is 2.31. The Balaban J connectivity index is 1.49. The molecule has 3 aromatic rings. The van der Waals surface area contributed by atoms with Crippen molar-refractivity contribution in [1.29, 1.82) is 0 Å². The first-order chi connectivity index (χ1) is 16.4.